The zero-order chi connectivity index (χ0) is 16.2. The van der Waals surface area contributed by atoms with Crippen molar-refractivity contribution in [2.24, 2.45) is 23.7 Å². The monoisotopic (exact) mass is 323 g/mol. The Bertz CT molecular complexity index is 442. The van der Waals surface area contributed by atoms with Gasteiger partial charge in [-0.1, -0.05) is 0 Å². The van der Waals surface area contributed by atoms with Crippen molar-refractivity contribution in [2.75, 3.05) is 19.8 Å². The van der Waals surface area contributed by atoms with Gasteiger partial charge >= 0.3 is 0 Å². The number of aliphatic hydroxyl groups excluding tert-OH is 1. The second-order valence-corrected chi connectivity index (χ2v) is 7.07. The summed E-state index contributed by atoms with van der Waals surface area (Å²) >= 11 is 0. The van der Waals surface area contributed by atoms with Crippen molar-refractivity contribution in [1.82, 2.24) is 5.32 Å². The van der Waals surface area contributed by atoms with Crippen LogP contribution in [0, 0.1) is 23.7 Å². The number of ether oxygens (including phenoxy) is 2. The lowest BCUT2D eigenvalue weighted by atomic mass is 9.82. The van der Waals surface area contributed by atoms with Gasteiger partial charge in [-0.15, -0.1) is 0 Å². The minimum Gasteiger partial charge on any atom is -0.459 e. The molecule has 3 rings (SSSR count). The highest BCUT2D eigenvalue weighted by molar-refractivity contribution is 5.91. The van der Waals surface area contributed by atoms with Gasteiger partial charge in [-0.05, 0) is 69.3 Å². The molecule has 130 valence electrons. The number of hydrogen-bond donors (Lipinski definition) is 2. The fourth-order valence-electron chi connectivity index (χ4n) is 3.45. The summed E-state index contributed by atoms with van der Waals surface area (Å²) in [5.41, 5.74) is 0. The molecule has 0 unspecified atom stereocenters. The summed E-state index contributed by atoms with van der Waals surface area (Å²) in [4.78, 5) is 12.4. The number of nitrogens with one attached hydrogen (secondary N) is 1. The Morgan fingerprint density at radius 1 is 1.39 bits per heavy atom. The fraction of sp³-hybridized carbons (Fsp3) is 0.833. The summed E-state index contributed by atoms with van der Waals surface area (Å²) in [6, 6.07) is 0. The Hall–Kier alpha value is -1.07. The molecule has 0 bridgehead atoms. The topological polar surface area (TPSA) is 67.8 Å². The Balaban J connectivity index is 1.69. The van der Waals surface area contributed by atoms with Gasteiger partial charge in [0.05, 0.1) is 0 Å². The highest BCUT2D eigenvalue weighted by Crippen LogP contribution is 2.47. The summed E-state index contributed by atoms with van der Waals surface area (Å²) < 4.78 is 11.7. The van der Waals surface area contributed by atoms with Crippen LogP contribution in [0.5, 0.6) is 0 Å². The van der Waals surface area contributed by atoms with Crippen molar-refractivity contribution in [3.63, 3.8) is 0 Å². The van der Waals surface area contributed by atoms with E-state index < -0.39 is 0 Å². The first-order valence-corrected chi connectivity index (χ1v) is 9.12. The second-order valence-electron chi connectivity index (χ2n) is 7.07. The molecular weight excluding hydrogens is 294 g/mol. The Kier molecular flexibility index (Phi) is 5.59. The average molecular weight is 323 g/mol. The Morgan fingerprint density at radius 3 is 2.78 bits per heavy atom. The van der Waals surface area contributed by atoms with Gasteiger partial charge in [0.2, 0.25) is 6.29 Å². The van der Waals surface area contributed by atoms with Crippen LogP contribution in [0.15, 0.2) is 11.8 Å². The van der Waals surface area contributed by atoms with Gasteiger partial charge in [0.15, 0.2) is 5.76 Å². The summed E-state index contributed by atoms with van der Waals surface area (Å²) in [6.45, 7) is 3.45. The predicted octanol–water partition coefficient (Wildman–Crippen LogP) is 2.20. The normalized spacial score (nSPS) is 30.5. The number of amides is 1. The largest absolute Gasteiger partial charge is 0.459 e. The highest BCUT2D eigenvalue weighted by atomic mass is 16.7. The molecule has 2 saturated carbocycles. The van der Waals surface area contributed by atoms with Crippen LogP contribution in [0.3, 0.4) is 0 Å². The number of aliphatic hydroxyl groups is 1. The molecule has 5 heteroatoms. The molecule has 2 N–H and O–H groups in total. The van der Waals surface area contributed by atoms with E-state index in [0.717, 1.165) is 19.4 Å². The molecule has 1 amide bonds. The molecule has 1 aliphatic heterocycles. The number of hydrogen-bond acceptors (Lipinski definition) is 4. The standard InChI is InChI=1S/C18H29NO4/c1-2-22-18-14(4-3-9-20)15(13-7-8-13)10-16(23-18)17(21)19-11-12-5-6-12/h10,12-15,18,20H,2-9,11H2,1H3,(H,19,21)/t14-,15+,18+/m0/s1. The Morgan fingerprint density at radius 2 is 2.17 bits per heavy atom. The quantitative estimate of drug-likeness (QED) is 0.683. The summed E-state index contributed by atoms with van der Waals surface area (Å²) in [5.74, 6) is 2.18. The van der Waals surface area contributed by atoms with Gasteiger partial charge in [0.1, 0.15) is 0 Å². The predicted molar refractivity (Wildman–Crippen MR) is 86.3 cm³/mol. The summed E-state index contributed by atoms with van der Waals surface area (Å²) in [5, 5.41) is 12.1. The number of allylic oxidation sites excluding steroid dienone is 1. The van der Waals surface area contributed by atoms with Crippen LogP contribution in [0.4, 0.5) is 0 Å². The molecule has 2 fully saturated rings. The first-order chi connectivity index (χ1) is 11.2. The smallest absolute Gasteiger partial charge is 0.286 e. The molecule has 0 aromatic carbocycles. The van der Waals surface area contributed by atoms with Crippen LogP contribution in [-0.4, -0.2) is 37.1 Å². The number of carbonyl (C=O) groups is 1. The van der Waals surface area contributed by atoms with E-state index in [0.29, 0.717) is 30.1 Å². The van der Waals surface area contributed by atoms with Gasteiger partial charge < -0.3 is 19.9 Å². The molecule has 1 heterocycles. The van der Waals surface area contributed by atoms with E-state index in [9.17, 15) is 4.79 Å². The molecule has 3 aliphatic rings. The van der Waals surface area contributed by atoms with Crippen molar-refractivity contribution in [2.45, 2.75) is 51.7 Å². The zero-order valence-electron chi connectivity index (χ0n) is 14.0. The third-order valence-corrected chi connectivity index (χ3v) is 5.10. The van der Waals surface area contributed by atoms with Gasteiger partial charge in [-0.3, -0.25) is 4.79 Å². The molecule has 2 aliphatic carbocycles. The van der Waals surface area contributed by atoms with Crippen LogP contribution in [0.2, 0.25) is 0 Å². The van der Waals surface area contributed by atoms with E-state index >= 15 is 0 Å². The molecule has 5 nitrogen and oxygen atoms in total. The van der Waals surface area contributed by atoms with E-state index in [4.69, 9.17) is 14.6 Å². The Labute approximate surface area is 138 Å². The lowest BCUT2D eigenvalue weighted by Gasteiger charge is -2.37. The van der Waals surface area contributed by atoms with Crippen LogP contribution < -0.4 is 5.32 Å². The molecule has 0 aromatic heterocycles. The van der Waals surface area contributed by atoms with Crippen molar-refractivity contribution in [3.8, 4) is 0 Å². The molecule has 0 radical (unpaired) electrons. The fourth-order valence-corrected chi connectivity index (χ4v) is 3.45. The molecule has 0 spiro atoms. The molecule has 0 saturated heterocycles. The highest BCUT2D eigenvalue weighted by Gasteiger charge is 2.44. The van der Waals surface area contributed by atoms with Crippen molar-refractivity contribution in [1.29, 1.82) is 0 Å². The van der Waals surface area contributed by atoms with Crippen molar-refractivity contribution in [3.05, 3.63) is 11.8 Å². The van der Waals surface area contributed by atoms with Gasteiger partial charge in [0.25, 0.3) is 5.91 Å². The summed E-state index contributed by atoms with van der Waals surface area (Å²) in [7, 11) is 0. The second kappa shape index (κ2) is 7.67. The number of carbonyl (C=O) groups excluding carboxylic acids is 1. The van der Waals surface area contributed by atoms with E-state index in [1.807, 2.05) is 13.0 Å². The van der Waals surface area contributed by atoms with Crippen molar-refractivity contribution < 1.29 is 19.4 Å². The molecule has 3 atom stereocenters. The van der Waals surface area contributed by atoms with Crippen molar-refractivity contribution >= 4 is 5.91 Å². The SMILES string of the molecule is CCO[C@@H]1OC(C(=O)NCC2CC2)=C[C@H](C2CC2)[C@@H]1CCCO. The first kappa shape index (κ1) is 16.8. The van der Waals surface area contributed by atoms with Crippen LogP contribution in [0.1, 0.15) is 45.4 Å². The molecule has 23 heavy (non-hydrogen) atoms. The lowest BCUT2D eigenvalue weighted by molar-refractivity contribution is -0.173. The zero-order valence-corrected chi connectivity index (χ0v) is 14.0. The lowest BCUT2D eigenvalue weighted by Crippen LogP contribution is -2.40. The maximum absolute atomic E-state index is 12.4. The molecular formula is C18H29NO4. The van der Waals surface area contributed by atoms with Crippen LogP contribution in [0.25, 0.3) is 0 Å². The van der Waals surface area contributed by atoms with E-state index in [1.54, 1.807) is 0 Å². The van der Waals surface area contributed by atoms with E-state index in [2.05, 4.69) is 5.32 Å². The number of rotatable bonds is 9. The maximum atomic E-state index is 12.4. The maximum Gasteiger partial charge on any atom is 0.286 e. The van der Waals surface area contributed by atoms with Gasteiger partial charge in [-0.2, -0.15) is 0 Å². The minimum atomic E-state index is -0.371. The third kappa shape index (κ3) is 4.48. The third-order valence-electron chi connectivity index (χ3n) is 5.10. The minimum absolute atomic E-state index is 0.104. The van der Waals surface area contributed by atoms with E-state index in [-0.39, 0.29) is 24.7 Å². The average Bonchev–Trinajstić information content (AvgIpc) is 3.44. The van der Waals surface area contributed by atoms with E-state index in [1.165, 1.54) is 25.7 Å². The first-order valence-electron chi connectivity index (χ1n) is 9.12. The van der Waals surface area contributed by atoms with Crippen LogP contribution >= 0.6 is 0 Å². The van der Waals surface area contributed by atoms with Gasteiger partial charge in [0, 0.05) is 25.7 Å². The van der Waals surface area contributed by atoms with Gasteiger partial charge in [-0.25, -0.2) is 0 Å². The molecule has 0 aromatic rings. The van der Waals surface area contributed by atoms with Crippen LogP contribution in [-0.2, 0) is 14.3 Å². The summed E-state index contributed by atoms with van der Waals surface area (Å²) in [6.07, 6.45) is 8.14.